The Labute approximate surface area is 83.9 Å². The van der Waals surface area contributed by atoms with Gasteiger partial charge in [0.15, 0.2) is 0 Å². The summed E-state index contributed by atoms with van der Waals surface area (Å²) in [5.74, 6) is -0.489. The maximum atomic E-state index is 11.3. The number of hydrogen-bond donors (Lipinski definition) is 1. The molecular formula is C6H12N2O4S2. The van der Waals surface area contributed by atoms with E-state index in [2.05, 4.69) is 13.2 Å². The number of hydrogen-bond acceptors (Lipinski definition) is 4. The molecule has 6 nitrogen and oxygen atoms in total. The summed E-state index contributed by atoms with van der Waals surface area (Å²) >= 11 is 0. The Morgan fingerprint density at radius 1 is 1.14 bits per heavy atom. The van der Waals surface area contributed by atoms with Crippen molar-refractivity contribution in [3.05, 3.63) is 25.3 Å². The fourth-order valence-electron chi connectivity index (χ4n) is 0.713. The van der Waals surface area contributed by atoms with E-state index in [0.717, 1.165) is 12.2 Å². The maximum absolute atomic E-state index is 11.3. The van der Waals surface area contributed by atoms with Gasteiger partial charge >= 0.3 is 0 Å². The third-order valence-corrected chi connectivity index (χ3v) is 4.65. The van der Waals surface area contributed by atoms with Crippen molar-refractivity contribution >= 4 is 20.2 Å². The lowest BCUT2D eigenvalue weighted by Gasteiger charge is -2.16. The molecule has 0 atom stereocenters. The summed E-state index contributed by atoms with van der Waals surface area (Å²) in [6.45, 7) is 6.06. The molecule has 0 fully saturated rings. The Kier molecular flexibility index (Phi) is 4.46. The maximum Gasteiger partial charge on any atom is 0.290 e. The van der Waals surface area contributed by atoms with Crippen LogP contribution in [0.2, 0.25) is 0 Å². The minimum atomic E-state index is -4.28. The quantitative estimate of drug-likeness (QED) is 0.614. The van der Waals surface area contributed by atoms with Crippen LogP contribution in [-0.4, -0.2) is 32.8 Å². The first kappa shape index (κ1) is 13.3. The van der Waals surface area contributed by atoms with Gasteiger partial charge in [0.05, 0.1) is 5.75 Å². The Morgan fingerprint density at radius 3 is 1.93 bits per heavy atom. The van der Waals surface area contributed by atoms with E-state index in [1.165, 1.54) is 0 Å². The number of nitrogens with two attached hydrogens (primary N) is 1. The number of sulfonamides is 1. The van der Waals surface area contributed by atoms with Crippen LogP contribution in [0.5, 0.6) is 0 Å². The summed E-state index contributed by atoms with van der Waals surface area (Å²) < 4.78 is 44.6. The predicted octanol–water partition coefficient (Wildman–Crippen LogP) is -0.806. The van der Waals surface area contributed by atoms with E-state index in [-0.39, 0.29) is 10.3 Å². The zero-order chi connectivity index (χ0) is 11.4. The van der Waals surface area contributed by atoms with Crippen LogP contribution in [-0.2, 0) is 20.2 Å². The molecular weight excluding hydrogens is 228 g/mol. The molecule has 0 aliphatic heterocycles. The first-order valence-electron chi connectivity index (χ1n) is 3.51. The van der Waals surface area contributed by atoms with Crippen molar-refractivity contribution in [3.63, 3.8) is 0 Å². The zero-order valence-electron chi connectivity index (χ0n) is 7.46. The van der Waals surface area contributed by atoms with Crippen molar-refractivity contribution in [1.29, 1.82) is 0 Å². The second kappa shape index (κ2) is 4.69. The molecule has 0 heterocycles. The topological polar surface area (TPSA) is 97.5 Å². The second-order valence-electron chi connectivity index (χ2n) is 2.36. The van der Waals surface area contributed by atoms with Gasteiger partial charge in [0.25, 0.3) is 10.2 Å². The van der Waals surface area contributed by atoms with Crippen molar-refractivity contribution < 1.29 is 16.8 Å². The van der Waals surface area contributed by atoms with Gasteiger partial charge in [-0.3, -0.25) is 0 Å². The minimum absolute atomic E-state index is 0.175. The van der Waals surface area contributed by atoms with Crippen molar-refractivity contribution in [2.24, 2.45) is 5.14 Å². The molecule has 0 aliphatic carbocycles. The molecule has 0 aromatic heterocycles. The summed E-state index contributed by atoms with van der Waals surface area (Å²) in [4.78, 5) is 0. The van der Waals surface area contributed by atoms with Crippen molar-refractivity contribution in [1.82, 2.24) is 3.71 Å². The van der Waals surface area contributed by atoms with Crippen LogP contribution in [0.15, 0.2) is 25.3 Å². The summed E-state index contributed by atoms with van der Waals surface area (Å²) in [6.07, 6.45) is 2.21. The molecule has 0 amide bonds. The molecule has 14 heavy (non-hydrogen) atoms. The van der Waals surface area contributed by atoms with E-state index >= 15 is 0 Å². The van der Waals surface area contributed by atoms with Gasteiger partial charge in [-0.25, -0.2) is 13.6 Å². The van der Waals surface area contributed by atoms with Crippen LogP contribution in [0.4, 0.5) is 0 Å². The van der Waals surface area contributed by atoms with Crippen molar-refractivity contribution in [3.8, 4) is 0 Å². The van der Waals surface area contributed by atoms with Gasteiger partial charge in [0.1, 0.15) is 0 Å². The Balaban J connectivity index is 5.23. The molecule has 0 spiro atoms. The van der Waals surface area contributed by atoms with E-state index in [4.69, 9.17) is 5.14 Å². The molecule has 82 valence electrons. The van der Waals surface area contributed by atoms with Crippen LogP contribution >= 0.6 is 0 Å². The number of nitrogens with zero attached hydrogens (tertiary/aromatic N) is 1. The Bertz CT molecular complexity index is 409. The molecule has 0 saturated heterocycles. The average molecular weight is 240 g/mol. The molecule has 0 aromatic rings. The van der Waals surface area contributed by atoms with Crippen LogP contribution in [0.3, 0.4) is 0 Å². The summed E-state index contributed by atoms with van der Waals surface area (Å²) in [5, 5.41) is 4.72. The van der Waals surface area contributed by atoms with Gasteiger partial charge in [-0.15, -0.1) is 13.2 Å². The van der Waals surface area contributed by atoms with E-state index in [0.29, 0.717) is 0 Å². The van der Waals surface area contributed by atoms with E-state index in [1.807, 2.05) is 0 Å². The predicted molar refractivity (Wildman–Crippen MR) is 54.0 cm³/mol. The molecule has 0 rings (SSSR count). The van der Waals surface area contributed by atoms with Gasteiger partial charge in [-0.05, 0) is 0 Å². The number of rotatable bonds is 6. The van der Waals surface area contributed by atoms with Crippen LogP contribution < -0.4 is 5.14 Å². The third-order valence-electron chi connectivity index (χ3n) is 1.20. The first-order valence-corrected chi connectivity index (χ1v) is 6.62. The largest absolute Gasteiger partial charge is 0.290 e. The molecule has 0 bridgehead atoms. The highest BCUT2D eigenvalue weighted by Gasteiger charge is 2.28. The molecule has 2 N–H and O–H groups in total. The van der Waals surface area contributed by atoms with Crippen molar-refractivity contribution in [2.75, 3.05) is 12.3 Å². The monoisotopic (exact) mass is 240 g/mol. The Morgan fingerprint density at radius 2 is 1.64 bits per heavy atom. The van der Waals surface area contributed by atoms with Gasteiger partial charge < -0.3 is 0 Å². The zero-order valence-corrected chi connectivity index (χ0v) is 9.09. The highest BCUT2D eigenvalue weighted by atomic mass is 32.3. The molecule has 0 aromatic carbocycles. The summed E-state index contributed by atoms with van der Waals surface area (Å²) in [6, 6.07) is 0. The molecule has 0 radical (unpaired) electrons. The smallest absolute Gasteiger partial charge is 0.215 e. The van der Waals surface area contributed by atoms with Crippen molar-refractivity contribution in [2.45, 2.75) is 0 Å². The molecule has 0 saturated carbocycles. The van der Waals surface area contributed by atoms with Gasteiger partial charge in [0.2, 0.25) is 10.0 Å². The standard InChI is InChI=1S/C6H12N2O4S2/c1-3-5-8(14(7,11)12)13(9,10)6-4-2/h3-4H,1-2,5-6H2,(H2,7,11,12). The fraction of sp³-hybridized carbons (Fsp3) is 0.333. The molecule has 0 aliphatic rings. The van der Waals surface area contributed by atoms with E-state index < -0.39 is 26.0 Å². The molecule has 0 unspecified atom stereocenters. The van der Waals surface area contributed by atoms with Gasteiger partial charge in [-0.1, -0.05) is 15.9 Å². The fourth-order valence-corrected chi connectivity index (χ4v) is 3.27. The lowest BCUT2D eigenvalue weighted by Crippen LogP contribution is -2.42. The SMILES string of the molecule is C=CCN(S(N)(=O)=O)S(=O)(=O)CC=C. The van der Waals surface area contributed by atoms with Crippen LogP contribution in [0, 0.1) is 0 Å². The van der Waals surface area contributed by atoms with Gasteiger partial charge in [-0.2, -0.15) is 8.42 Å². The minimum Gasteiger partial charge on any atom is -0.215 e. The molecule has 8 heteroatoms. The van der Waals surface area contributed by atoms with Gasteiger partial charge in [0, 0.05) is 6.54 Å². The van der Waals surface area contributed by atoms with E-state index in [1.54, 1.807) is 0 Å². The highest BCUT2D eigenvalue weighted by molar-refractivity contribution is 8.03. The van der Waals surface area contributed by atoms with Crippen LogP contribution in [0.1, 0.15) is 0 Å². The average Bonchev–Trinajstić information content (AvgIpc) is 1.97. The summed E-state index contributed by atoms with van der Waals surface area (Å²) in [5.41, 5.74) is 0. The Hall–Kier alpha value is -0.700. The summed E-state index contributed by atoms with van der Waals surface area (Å²) in [7, 11) is -8.24. The van der Waals surface area contributed by atoms with E-state index in [9.17, 15) is 16.8 Å². The highest BCUT2D eigenvalue weighted by Crippen LogP contribution is 2.05. The third kappa shape index (κ3) is 3.58. The lowest BCUT2D eigenvalue weighted by atomic mass is 10.7. The first-order chi connectivity index (χ1) is 6.25. The van der Waals surface area contributed by atoms with Crippen LogP contribution in [0.25, 0.3) is 0 Å². The lowest BCUT2D eigenvalue weighted by molar-refractivity contribution is 0.517. The normalized spacial score (nSPS) is 12.7. The second-order valence-corrected chi connectivity index (χ2v) is 6.00.